The van der Waals surface area contributed by atoms with Gasteiger partial charge in [-0.25, -0.2) is 13.1 Å². The Morgan fingerprint density at radius 3 is 2.41 bits per heavy atom. The number of likely N-dealkylation sites (tertiary alicyclic amines) is 1. The van der Waals surface area contributed by atoms with E-state index in [0.717, 1.165) is 30.5 Å². The van der Waals surface area contributed by atoms with Crippen LogP contribution in [-0.2, 0) is 14.8 Å². The zero-order valence-corrected chi connectivity index (χ0v) is 19.7. The molecule has 0 bridgehead atoms. The Kier molecular flexibility index (Phi) is 8.21. The highest BCUT2D eigenvalue weighted by Crippen LogP contribution is 2.24. The second-order valence-corrected chi connectivity index (χ2v) is 10.2. The van der Waals surface area contributed by atoms with E-state index in [1.165, 1.54) is 12.1 Å². The molecule has 2 aromatic rings. The van der Waals surface area contributed by atoms with Crippen LogP contribution in [0, 0.1) is 12.8 Å². The maximum Gasteiger partial charge on any atom is 0.573 e. The van der Waals surface area contributed by atoms with Gasteiger partial charge in [0, 0.05) is 18.8 Å². The zero-order chi connectivity index (χ0) is 24.9. The van der Waals surface area contributed by atoms with Crippen molar-refractivity contribution in [2.24, 2.45) is 5.92 Å². The first-order chi connectivity index (χ1) is 15.9. The number of carbonyl (C=O) groups excluding carboxylic acids is 1. The topological polar surface area (TPSA) is 87.7 Å². The van der Waals surface area contributed by atoms with Gasteiger partial charge >= 0.3 is 6.36 Å². The normalized spacial score (nSPS) is 18.3. The molecule has 7 nitrogen and oxygen atoms in total. The van der Waals surface area contributed by atoms with Crippen molar-refractivity contribution in [2.45, 2.75) is 44.0 Å². The molecule has 1 saturated heterocycles. The number of piperidine rings is 1. The summed E-state index contributed by atoms with van der Waals surface area (Å²) in [7, 11) is -3.61. The summed E-state index contributed by atoms with van der Waals surface area (Å²) in [5.41, 5.74) is 1.32. The van der Waals surface area contributed by atoms with E-state index < -0.39 is 22.4 Å². The molecule has 0 radical (unpaired) electrons. The summed E-state index contributed by atoms with van der Waals surface area (Å²) >= 11 is 0. The van der Waals surface area contributed by atoms with Crippen LogP contribution in [0.1, 0.15) is 25.3 Å². The number of ether oxygens (including phenoxy) is 1. The number of alkyl halides is 3. The molecular formula is C23H28F3N3O4S. The molecule has 11 heteroatoms. The third-order valence-corrected chi connectivity index (χ3v) is 7.17. The number of nitrogens with one attached hydrogen (secondary N) is 2. The van der Waals surface area contributed by atoms with Crippen molar-refractivity contribution < 1.29 is 31.1 Å². The molecule has 0 aliphatic carbocycles. The average Bonchev–Trinajstić information content (AvgIpc) is 2.78. The van der Waals surface area contributed by atoms with Crippen molar-refractivity contribution >= 4 is 21.6 Å². The highest BCUT2D eigenvalue weighted by atomic mass is 32.2. The first-order valence-electron chi connectivity index (χ1n) is 10.9. The van der Waals surface area contributed by atoms with E-state index in [9.17, 15) is 26.4 Å². The highest BCUT2D eigenvalue weighted by molar-refractivity contribution is 7.89. The zero-order valence-electron chi connectivity index (χ0n) is 18.9. The summed E-state index contributed by atoms with van der Waals surface area (Å²) in [4.78, 5) is 14.9. The van der Waals surface area contributed by atoms with Crippen LogP contribution in [0.25, 0.3) is 0 Å². The predicted molar refractivity (Wildman–Crippen MR) is 122 cm³/mol. The van der Waals surface area contributed by atoms with Gasteiger partial charge in [0.2, 0.25) is 15.9 Å². The summed E-state index contributed by atoms with van der Waals surface area (Å²) in [6, 6.07) is 11.1. The number of hydrogen-bond donors (Lipinski definition) is 2. The van der Waals surface area contributed by atoms with E-state index in [0.29, 0.717) is 18.8 Å². The van der Waals surface area contributed by atoms with Crippen LogP contribution < -0.4 is 14.8 Å². The van der Waals surface area contributed by atoms with E-state index in [4.69, 9.17) is 0 Å². The molecule has 0 saturated carbocycles. The molecular weight excluding hydrogens is 471 g/mol. The number of amides is 1. The van der Waals surface area contributed by atoms with Crippen molar-refractivity contribution in [2.75, 3.05) is 25.0 Å². The molecule has 186 valence electrons. The number of carbonyl (C=O) groups is 1. The number of halogens is 3. The van der Waals surface area contributed by atoms with E-state index in [-0.39, 0.29) is 29.0 Å². The molecule has 0 spiro atoms. The fourth-order valence-corrected chi connectivity index (χ4v) is 4.91. The summed E-state index contributed by atoms with van der Waals surface area (Å²) in [6.07, 6.45) is -3.13. The van der Waals surface area contributed by atoms with Gasteiger partial charge < -0.3 is 10.1 Å². The number of rotatable bonds is 8. The van der Waals surface area contributed by atoms with Crippen LogP contribution in [0.2, 0.25) is 0 Å². The Hall–Kier alpha value is -2.63. The summed E-state index contributed by atoms with van der Waals surface area (Å²) in [5, 5.41) is 2.70. The number of nitrogens with zero attached hydrogens (tertiary/aromatic N) is 1. The molecule has 3 rings (SSSR count). The van der Waals surface area contributed by atoms with Gasteiger partial charge in [-0.3, -0.25) is 9.69 Å². The fraction of sp³-hybridized carbons (Fsp3) is 0.435. The molecule has 2 unspecified atom stereocenters. The number of sulfonamides is 1. The molecule has 2 atom stereocenters. The molecule has 2 aromatic carbocycles. The van der Waals surface area contributed by atoms with Gasteiger partial charge in [-0.15, -0.1) is 13.2 Å². The lowest BCUT2D eigenvalue weighted by atomic mass is 9.97. The molecule has 2 N–H and O–H groups in total. The van der Waals surface area contributed by atoms with Crippen LogP contribution in [-0.4, -0.2) is 51.3 Å². The van der Waals surface area contributed by atoms with Crippen LogP contribution in [0.15, 0.2) is 53.4 Å². The fourth-order valence-electron chi connectivity index (χ4n) is 3.80. The standard InChI is InChI=1S/C23H28F3N3O4S/c1-16-5-11-21(12-6-16)34(31,32)27-14-18-4-3-13-29(15-18)17(2)22(30)28-19-7-9-20(10-8-19)33-23(24,25)26/h5-12,17-18,27H,3-4,13-15H2,1-2H3,(H,28,30). The van der Waals surface area contributed by atoms with Gasteiger partial charge in [0.05, 0.1) is 10.9 Å². The van der Waals surface area contributed by atoms with Gasteiger partial charge in [0.1, 0.15) is 5.75 Å². The third kappa shape index (κ3) is 7.44. The third-order valence-electron chi connectivity index (χ3n) is 5.73. The summed E-state index contributed by atoms with van der Waals surface area (Å²) < 4.78 is 68.4. The number of aryl methyl sites for hydroxylation is 1. The first-order valence-corrected chi connectivity index (χ1v) is 12.4. The van der Waals surface area contributed by atoms with E-state index in [1.807, 2.05) is 11.8 Å². The minimum absolute atomic E-state index is 0.0445. The van der Waals surface area contributed by atoms with Gasteiger partial charge in [-0.2, -0.15) is 0 Å². The molecule has 0 aromatic heterocycles. The molecule has 1 aliphatic heterocycles. The van der Waals surface area contributed by atoms with Crippen molar-refractivity contribution in [1.82, 2.24) is 9.62 Å². The minimum Gasteiger partial charge on any atom is -0.406 e. The second kappa shape index (κ2) is 10.7. The van der Waals surface area contributed by atoms with Crippen LogP contribution in [0.5, 0.6) is 5.75 Å². The molecule has 1 fully saturated rings. The summed E-state index contributed by atoms with van der Waals surface area (Å²) in [6.45, 7) is 5.13. The Labute approximate surface area is 197 Å². The van der Waals surface area contributed by atoms with Gasteiger partial charge in [0.15, 0.2) is 0 Å². The van der Waals surface area contributed by atoms with Crippen molar-refractivity contribution in [1.29, 1.82) is 0 Å². The maximum atomic E-state index is 12.7. The smallest absolute Gasteiger partial charge is 0.406 e. The Morgan fingerprint density at radius 2 is 1.79 bits per heavy atom. The Balaban J connectivity index is 1.52. The highest BCUT2D eigenvalue weighted by Gasteiger charge is 2.31. The molecule has 1 heterocycles. The monoisotopic (exact) mass is 499 g/mol. The van der Waals surface area contributed by atoms with Crippen LogP contribution >= 0.6 is 0 Å². The van der Waals surface area contributed by atoms with Crippen LogP contribution in [0.3, 0.4) is 0 Å². The number of hydrogen-bond acceptors (Lipinski definition) is 5. The second-order valence-electron chi connectivity index (χ2n) is 8.41. The average molecular weight is 500 g/mol. The molecule has 34 heavy (non-hydrogen) atoms. The van der Waals surface area contributed by atoms with Gasteiger partial charge in [0.25, 0.3) is 0 Å². The lowest BCUT2D eigenvalue weighted by Crippen LogP contribution is -2.48. The van der Waals surface area contributed by atoms with E-state index in [2.05, 4.69) is 14.8 Å². The lowest BCUT2D eigenvalue weighted by Gasteiger charge is -2.36. The summed E-state index contributed by atoms with van der Waals surface area (Å²) in [5.74, 6) is -0.626. The van der Waals surface area contributed by atoms with E-state index >= 15 is 0 Å². The van der Waals surface area contributed by atoms with E-state index in [1.54, 1.807) is 31.2 Å². The Morgan fingerprint density at radius 1 is 1.15 bits per heavy atom. The first kappa shape index (κ1) is 26.0. The van der Waals surface area contributed by atoms with Crippen LogP contribution in [0.4, 0.5) is 18.9 Å². The molecule has 1 aliphatic rings. The maximum absolute atomic E-state index is 12.7. The van der Waals surface area contributed by atoms with Crippen molar-refractivity contribution in [3.63, 3.8) is 0 Å². The number of anilines is 1. The van der Waals surface area contributed by atoms with Crippen molar-refractivity contribution in [3.05, 3.63) is 54.1 Å². The SMILES string of the molecule is Cc1ccc(S(=O)(=O)NCC2CCCN(C(C)C(=O)Nc3ccc(OC(F)(F)F)cc3)C2)cc1. The Bertz CT molecular complexity index is 1070. The minimum atomic E-state index is -4.78. The van der Waals surface area contributed by atoms with Gasteiger partial charge in [-0.05, 0) is 75.5 Å². The lowest BCUT2D eigenvalue weighted by molar-refractivity contribution is -0.274. The van der Waals surface area contributed by atoms with Crippen molar-refractivity contribution in [3.8, 4) is 5.75 Å². The number of benzene rings is 2. The predicted octanol–water partition coefficient (Wildman–Crippen LogP) is 3.91. The molecule has 1 amide bonds. The quantitative estimate of drug-likeness (QED) is 0.575. The largest absolute Gasteiger partial charge is 0.573 e. The van der Waals surface area contributed by atoms with Gasteiger partial charge in [-0.1, -0.05) is 17.7 Å².